The summed E-state index contributed by atoms with van der Waals surface area (Å²) in [6.45, 7) is 8.51. The topological polar surface area (TPSA) is 59.4 Å². The van der Waals surface area contributed by atoms with Crippen molar-refractivity contribution < 1.29 is 9.53 Å². The first-order valence-corrected chi connectivity index (χ1v) is 9.92. The van der Waals surface area contributed by atoms with Crippen molar-refractivity contribution in [2.45, 2.75) is 51.0 Å². The van der Waals surface area contributed by atoms with Gasteiger partial charge in [-0.3, -0.25) is 4.68 Å². The number of urea groups is 1. The molecule has 2 aromatic rings. The maximum atomic E-state index is 12.6. The molecule has 1 aromatic carbocycles. The molecule has 1 aliphatic heterocycles. The number of aromatic nitrogens is 2. The van der Waals surface area contributed by atoms with Crippen LogP contribution in [0.3, 0.4) is 0 Å². The first-order chi connectivity index (χ1) is 13.6. The molecule has 0 aliphatic carbocycles. The van der Waals surface area contributed by atoms with Gasteiger partial charge in [-0.05, 0) is 37.8 Å². The quantitative estimate of drug-likeness (QED) is 0.710. The Hall–Kier alpha value is -2.60. The van der Waals surface area contributed by atoms with Crippen LogP contribution in [0.25, 0.3) is 0 Å². The first kappa shape index (κ1) is 20.1. The van der Waals surface area contributed by atoms with E-state index in [9.17, 15) is 4.79 Å². The van der Waals surface area contributed by atoms with Crippen molar-refractivity contribution in [2.75, 3.05) is 13.1 Å². The number of nitrogens with zero attached hydrogens (tertiary/aromatic N) is 3. The second-order valence-electron chi connectivity index (χ2n) is 7.52. The van der Waals surface area contributed by atoms with E-state index in [0.717, 1.165) is 19.3 Å². The number of hydrogen-bond acceptors (Lipinski definition) is 3. The highest BCUT2D eigenvalue weighted by Crippen LogP contribution is 2.31. The van der Waals surface area contributed by atoms with Crippen molar-refractivity contribution in [1.29, 1.82) is 0 Å². The molecule has 1 aromatic heterocycles. The van der Waals surface area contributed by atoms with Crippen molar-refractivity contribution in [3.05, 3.63) is 67.0 Å². The Bertz CT molecular complexity index is 737. The van der Waals surface area contributed by atoms with Gasteiger partial charge in [0.2, 0.25) is 0 Å². The molecule has 1 atom stereocenters. The number of nitrogens with one attached hydrogen (secondary N) is 1. The Morgan fingerprint density at radius 1 is 1.32 bits per heavy atom. The average Bonchev–Trinajstić information content (AvgIpc) is 3.21. The van der Waals surface area contributed by atoms with Gasteiger partial charge in [-0.2, -0.15) is 5.10 Å². The fourth-order valence-corrected chi connectivity index (χ4v) is 3.64. The van der Waals surface area contributed by atoms with Gasteiger partial charge in [-0.1, -0.05) is 36.4 Å². The third kappa shape index (κ3) is 5.45. The number of amides is 2. The largest absolute Gasteiger partial charge is 0.370 e. The van der Waals surface area contributed by atoms with Gasteiger partial charge in [-0.25, -0.2) is 4.79 Å². The van der Waals surface area contributed by atoms with Crippen LogP contribution in [0.15, 0.2) is 61.4 Å². The van der Waals surface area contributed by atoms with Crippen LogP contribution in [-0.2, 0) is 17.9 Å². The summed E-state index contributed by atoms with van der Waals surface area (Å²) in [4.78, 5) is 14.5. The Morgan fingerprint density at radius 2 is 2.07 bits per heavy atom. The average molecular weight is 383 g/mol. The number of carbonyl (C=O) groups excluding carboxylic acids is 1. The van der Waals surface area contributed by atoms with E-state index in [1.807, 2.05) is 53.0 Å². The molecular formula is C22H30N4O2. The van der Waals surface area contributed by atoms with E-state index in [4.69, 9.17) is 4.74 Å². The molecule has 1 N–H and O–H groups in total. The van der Waals surface area contributed by atoms with Crippen molar-refractivity contribution in [2.24, 2.45) is 0 Å². The minimum atomic E-state index is -0.241. The lowest BCUT2D eigenvalue weighted by atomic mass is 9.88. The summed E-state index contributed by atoms with van der Waals surface area (Å²) in [6, 6.07) is 12.1. The lowest BCUT2D eigenvalue weighted by molar-refractivity contribution is -0.0860. The zero-order chi connectivity index (χ0) is 19.8. The fourth-order valence-electron chi connectivity index (χ4n) is 3.64. The van der Waals surface area contributed by atoms with E-state index in [-0.39, 0.29) is 17.7 Å². The molecule has 28 heavy (non-hydrogen) atoms. The van der Waals surface area contributed by atoms with Gasteiger partial charge < -0.3 is 15.0 Å². The molecule has 6 nitrogen and oxygen atoms in total. The minimum Gasteiger partial charge on any atom is -0.370 e. The van der Waals surface area contributed by atoms with Gasteiger partial charge in [0.15, 0.2) is 0 Å². The van der Waals surface area contributed by atoms with Gasteiger partial charge in [-0.15, -0.1) is 6.58 Å². The highest BCUT2D eigenvalue weighted by Gasteiger charge is 2.36. The molecule has 1 saturated heterocycles. The van der Waals surface area contributed by atoms with E-state index in [1.54, 1.807) is 6.20 Å². The van der Waals surface area contributed by atoms with E-state index < -0.39 is 0 Å². The number of piperidine rings is 1. The summed E-state index contributed by atoms with van der Waals surface area (Å²) in [5.74, 6) is 0. The van der Waals surface area contributed by atoms with E-state index >= 15 is 0 Å². The Labute approximate surface area is 167 Å². The summed E-state index contributed by atoms with van der Waals surface area (Å²) >= 11 is 0. The lowest BCUT2D eigenvalue weighted by Crippen LogP contribution is -2.52. The second kappa shape index (κ2) is 9.55. The fraction of sp³-hybridized carbons (Fsp3) is 0.455. The summed E-state index contributed by atoms with van der Waals surface area (Å²) in [6.07, 6.45) is 7.99. The normalized spacial score (nSPS) is 17.1. The van der Waals surface area contributed by atoms with Crippen molar-refractivity contribution in [3.8, 4) is 0 Å². The highest BCUT2D eigenvalue weighted by atomic mass is 16.5. The summed E-state index contributed by atoms with van der Waals surface area (Å²) in [5, 5.41) is 7.26. The zero-order valence-corrected chi connectivity index (χ0v) is 16.6. The number of hydrogen-bond donors (Lipinski definition) is 1. The van der Waals surface area contributed by atoms with E-state index in [0.29, 0.717) is 26.2 Å². The predicted molar refractivity (Wildman–Crippen MR) is 110 cm³/mol. The molecule has 0 spiro atoms. The molecule has 1 fully saturated rings. The molecule has 0 bridgehead atoms. The van der Waals surface area contributed by atoms with Crippen molar-refractivity contribution >= 4 is 6.03 Å². The zero-order valence-electron chi connectivity index (χ0n) is 16.6. The maximum absolute atomic E-state index is 12.6. The van der Waals surface area contributed by atoms with Crippen LogP contribution in [-0.4, -0.2) is 45.4 Å². The van der Waals surface area contributed by atoms with Crippen molar-refractivity contribution in [1.82, 2.24) is 20.0 Å². The molecule has 2 amide bonds. The highest BCUT2D eigenvalue weighted by molar-refractivity contribution is 5.74. The first-order valence-electron chi connectivity index (χ1n) is 9.92. The monoisotopic (exact) mass is 382 g/mol. The Morgan fingerprint density at radius 3 is 2.71 bits per heavy atom. The van der Waals surface area contributed by atoms with Gasteiger partial charge in [0, 0.05) is 31.5 Å². The van der Waals surface area contributed by atoms with Gasteiger partial charge >= 0.3 is 6.03 Å². The summed E-state index contributed by atoms with van der Waals surface area (Å²) < 4.78 is 8.16. The maximum Gasteiger partial charge on any atom is 0.317 e. The molecule has 150 valence electrons. The number of likely N-dealkylation sites (tertiary alicyclic amines) is 1. The summed E-state index contributed by atoms with van der Waals surface area (Å²) in [7, 11) is 0. The Balaban J connectivity index is 1.50. The van der Waals surface area contributed by atoms with Crippen molar-refractivity contribution in [3.63, 3.8) is 0 Å². The van der Waals surface area contributed by atoms with Crippen LogP contribution >= 0.6 is 0 Å². The smallest absolute Gasteiger partial charge is 0.317 e. The molecule has 1 aliphatic rings. The molecule has 6 heteroatoms. The molecule has 3 rings (SSSR count). The number of carbonyl (C=O) groups is 1. The molecule has 0 saturated carbocycles. The molecular weight excluding hydrogens is 352 g/mol. The van der Waals surface area contributed by atoms with E-state index in [1.165, 1.54) is 5.56 Å². The third-order valence-corrected chi connectivity index (χ3v) is 5.26. The van der Waals surface area contributed by atoms with Crippen LogP contribution in [0.4, 0.5) is 4.79 Å². The third-order valence-electron chi connectivity index (χ3n) is 5.26. The lowest BCUT2D eigenvalue weighted by Gasteiger charge is -2.41. The molecule has 2 heterocycles. The standard InChI is InChI=1S/C22H30N4O2/c1-3-10-22(28-18-20-8-5-4-6-9-20)11-15-25(16-12-22)21(27)24-19(2)17-26-14-7-13-23-26/h3-9,13-14,19H,1,10-12,15-18H2,2H3,(H,24,27)/t19-/m0/s1. The van der Waals surface area contributed by atoms with E-state index in [2.05, 4.69) is 29.1 Å². The van der Waals surface area contributed by atoms with Crippen LogP contribution in [0.2, 0.25) is 0 Å². The van der Waals surface area contributed by atoms with Gasteiger partial charge in [0.1, 0.15) is 0 Å². The number of benzene rings is 1. The molecule has 0 unspecified atom stereocenters. The molecule has 0 radical (unpaired) electrons. The number of rotatable bonds is 8. The SMILES string of the molecule is C=CCC1(OCc2ccccc2)CCN(C(=O)N[C@@H](C)Cn2cccn2)CC1. The van der Waals surface area contributed by atoms with Gasteiger partial charge in [0.05, 0.1) is 18.8 Å². The van der Waals surface area contributed by atoms with Crippen LogP contribution in [0.5, 0.6) is 0 Å². The number of ether oxygens (including phenoxy) is 1. The summed E-state index contributed by atoms with van der Waals surface area (Å²) in [5.41, 5.74) is 0.924. The minimum absolute atomic E-state index is 0.0154. The van der Waals surface area contributed by atoms with Gasteiger partial charge in [0.25, 0.3) is 0 Å². The van der Waals surface area contributed by atoms with Crippen LogP contribution in [0, 0.1) is 0 Å². The van der Waals surface area contributed by atoms with Crippen LogP contribution < -0.4 is 5.32 Å². The Kier molecular flexibility index (Phi) is 6.87. The van der Waals surface area contributed by atoms with Crippen LogP contribution in [0.1, 0.15) is 31.7 Å². The predicted octanol–water partition coefficient (Wildman–Crippen LogP) is 3.61. The second-order valence-corrected chi connectivity index (χ2v) is 7.52.